The number of hydrogen-bond donors (Lipinski definition) is 1. The van der Waals surface area contributed by atoms with Crippen molar-refractivity contribution in [2.75, 3.05) is 107 Å². The second kappa shape index (κ2) is 26.7. The lowest BCUT2D eigenvalue weighted by atomic mass is 9.91. The van der Waals surface area contributed by atoms with Crippen LogP contribution in [0.1, 0.15) is 154 Å². The quantitative estimate of drug-likeness (QED) is 0.0681. The van der Waals surface area contributed by atoms with Crippen molar-refractivity contribution in [2.45, 2.75) is 174 Å². The van der Waals surface area contributed by atoms with E-state index in [2.05, 4.69) is 60.8 Å². The minimum atomic E-state index is -3.96. The van der Waals surface area contributed by atoms with Gasteiger partial charge in [0.25, 0.3) is 5.91 Å². The molecule has 8 heterocycles. The van der Waals surface area contributed by atoms with Crippen LogP contribution in [0.5, 0.6) is 5.75 Å². The predicted molar refractivity (Wildman–Crippen MR) is 347 cm³/mol. The summed E-state index contributed by atoms with van der Waals surface area (Å²) in [5, 5.41) is 8.02. The minimum absolute atomic E-state index is 0.00504. The van der Waals surface area contributed by atoms with Crippen molar-refractivity contribution >= 4 is 73.8 Å². The van der Waals surface area contributed by atoms with Crippen molar-refractivity contribution in [3.63, 3.8) is 0 Å². The number of nitrogens with one attached hydrogen (secondary N) is 1. The van der Waals surface area contributed by atoms with Crippen LogP contribution in [0, 0.1) is 13.8 Å². The molecule has 3 saturated heterocycles. The topological polar surface area (TPSA) is 264 Å². The number of ether oxygens (including phenoxy) is 3. The van der Waals surface area contributed by atoms with Crippen LogP contribution in [0.4, 0.5) is 32.9 Å². The predicted octanol–water partition coefficient (Wildman–Crippen LogP) is 8.08. The van der Waals surface area contributed by atoms with Gasteiger partial charge in [-0.3, -0.25) is 34.1 Å². The Morgan fingerprint density at radius 2 is 1.43 bits per heavy atom. The number of carbonyl (C=O) groups is 5. The molecule has 0 radical (unpaired) electrons. The van der Waals surface area contributed by atoms with E-state index < -0.39 is 37.3 Å². The third-order valence-electron chi connectivity index (χ3n) is 17.2. The zero-order valence-corrected chi connectivity index (χ0v) is 56.9. The average Bonchev–Trinajstić information content (AvgIpc) is 1.74. The fourth-order valence-electron chi connectivity index (χ4n) is 12.1. The number of carbonyl (C=O) groups excluding carboxylic acids is 5. The molecule has 1 aromatic carbocycles. The first-order valence-corrected chi connectivity index (χ1v) is 33.2. The van der Waals surface area contributed by atoms with E-state index in [-0.39, 0.29) is 71.4 Å². The highest BCUT2D eigenvalue weighted by molar-refractivity contribution is 7.92. The molecule has 4 aromatic heterocycles. The zero-order chi connectivity index (χ0) is 66.3. The van der Waals surface area contributed by atoms with Gasteiger partial charge in [0.2, 0.25) is 11.9 Å². The maximum Gasteiger partial charge on any atom is 0.437 e. The number of sulfone groups is 1. The molecule has 0 aliphatic carbocycles. The lowest BCUT2D eigenvalue weighted by Crippen LogP contribution is -2.65. The van der Waals surface area contributed by atoms with Gasteiger partial charge in [-0.05, 0) is 115 Å². The van der Waals surface area contributed by atoms with Crippen molar-refractivity contribution in [3.05, 3.63) is 71.2 Å². The first kappa shape index (κ1) is 68.0. The van der Waals surface area contributed by atoms with E-state index in [1.54, 1.807) is 82.9 Å². The maximum absolute atomic E-state index is 14.6. The normalized spacial score (nSPS) is 19.6. The van der Waals surface area contributed by atoms with Gasteiger partial charge < -0.3 is 39.1 Å². The molecule has 0 spiro atoms. The number of hydrogen-bond acceptors (Lipinski definition) is 21. The fourth-order valence-corrected chi connectivity index (χ4v) is 13.4. The van der Waals surface area contributed by atoms with Crippen LogP contribution >= 0.6 is 0 Å². The Labute approximate surface area is 535 Å². The summed E-state index contributed by atoms with van der Waals surface area (Å²) in [6, 6.07) is 4.59. The van der Waals surface area contributed by atoms with Gasteiger partial charge in [-0.15, -0.1) is 4.68 Å². The van der Waals surface area contributed by atoms with Gasteiger partial charge in [-0.1, -0.05) is 20.8 Å². The maximum atomic E-state index is 14.6. The molecule has 25 nitrogen and oxygen atoms in total. The van der Waals surface area contributed by atoms with Gasteiger partial charge >= 0.3 is 12.2 Å². The number of ketones is 1. The van der Waals surface area contributed by atoms with E-state index in [0.717, 1.165) is 10.4 Å². The number of benzene rings is 1. The number of piperazine rings is 3. The fraction of sp³-hybridized carbons (Fsp3) is 0.615. The van der Waals surface area contributed by atoms with E-state index in [1.807, 2.05) is 52.5 Å². The zero-order valence-electron chi connectivity index (χ0n) is 56.0. The van der Waals surface area contributed by atoms with Crippen LogP contribution in [0.3, 0.4) is 0 Å². The van der Waals surface area contributed by atoms with Gasteiger partial charge in [0.15, 0.2) is 15.6 Å². The summed E-state index contributed by atoms with van der Waals surface area (Å²) in [6.07, 6.45) is 6.83. The molecule has 1 N–H and O–H groups in total. The van der Waals surface area contributed by atoms with Crippen LogP contribution in [0.2, 0.25) is 0 Å². The van der Waals surface area contributed by atoms with E-state index in [4.69, 9.17) is 29.2 Å². The third kappa shape index (κ3) is 15.4. The van der Waals surface area contributed by atoms with Crippen molar-refractivity contribution in [2.24, 2.45) is 0 Å². The van der Waals surface area contributed by atoms with Crippen LogP contribution in [-0.4, -0.2) is 223 Å². The Kier molecular flexibility index (Phi) is 19.9. The summed E-state index contributed by atoms with van der Waals surface area (Å²) in [7, 11) is -3.96. The lowest BCUT2D eigenvalue weighted by Gasteiger charge is -2.48. The van der Waals surface area contributed by atoms with Crippen LogP contribution < -0.4 is 19.9 Å². The van der Waals surface area contributed by atoms with Crippen molar-refractivity contribution in [1.82, 2.24) is 59.2 Å². The lowest BCUT2D eigenvalue weighted by molar-refractivity contribution is -0.121. The summed E-state index contributed by atoms with van der Waals surface area (Å²) < 4.78 is 46.2. The van der Waals surface area contributed by atoms with Crippen LogP contribution in [-0.2, 0) is 29.5 Å². The molecule has 2 unspecified atom stereocenters. The van der Waals surface area contributed by atoms with E-state index >= 15 is 0 Å². The first-order chi connectivity index (χ1) is 42.6. The second-order valence-electron chi connectivity index (χ2n) is 28.3. The molecular weight excluding hydrogens is 1180 g/mol. The number of anilines is 4. The molecular formula is C65H93N15O10S. The Bertz CT molecular complexity index is 3640. The van der Waals surface area contributed by atoms with E-state index in [1.165, 1.54) is 12.4 Å². The molecule has 0 saturated carbocycles. The van der Waals surface area contributed by atoms with Gasteiger partial charge in [-0.2, -0.15) is 5.10 Å². The molecule has 3 amide bonds. The van der Waals surface area contributed by atoms with Gasteiger partial charge in [0.05, 0.1) is 46.1 Å². The number of amides is 3. The van der Waals surface area contributed by atoms with Crippen molar-refractivity contribution in [1.29, 1.82) is 0 Å². The number of nitrogens with zero attached hydrogens (tertiary/aromatic N) is 14. The summed E-state index contributed by atoms with van der Waals surface area (Å²) >= 11 is 0. The monoisotopic (exact) mass is 1280 g/mol. The van der Waals surface area contributed by atoms with Gasteiger partial charge in [0, 0.05) is 150 Å². The first-order valence-electron chi connectivity index (χ1n) is 31.8. The van der Waals surface area contributed by atoms with Gasteiger partial charge in [-0.25, -0.2) is 37.9 Å². The molecule has 91 heavy (non-hydrogen) atoms. The second-order valence-corrected chi connectivity index (χ2v) is 31.0. The smallest absolute Gasteiger partial charge is 0.437 e. The van der Waals surface area contributed by atoms with Gasteiger partial charge in [0.1, 0.15) is 39.8 Å². The Balaban J connectivity index is 0.788. The number of pyridine rings is 1. The SMILES string of the molecule is CCCC(=O)c1cnc2c(c1)N(C(=O)CN1CC(C)N(C(=O)OC(C)(C)C)CC1CN1CCN(c3ncc(C(=O)N4CCN(CCCOc5cc6ncnc(Nc7c(C)c(C)nn7C(=O)OC(C)(C)C)c6cc5S(=O)(=O)C(C)(C)C)CC4)cn3)C[C@H]1C)CC2(C)C. The minimum Gasteiger partial charge on any atom is -0.492 e. The highest BCUT2D eigenvalue weighted by Crippen LogP contribution is 2.41. The molecule has 4 aliphatic rings. The number of Topliss-reactive ketones (excluding diaryl/α,β-unsaturated/α-hetero) is 1. The summed E-state index contributed by atoms with van der Waals surface area (Å²) in [5.41, 5.74) is 2.22. The van der Waals surface area contributed by atoms with Crippen molar-refractivity contribution < 1.29 is 46.6 Å². The molecule has 3 fully saturated rings. The number of fused-ring (bicyclic) bond motifs is 2. The molecule has 494 valence electrons. The Morgan fingerprint density at radius 3 is 2.08 bits per heavy atom. The highest BCUT2D eigenvalue weighted by atomic mass is 32.2. The highest BCUT2D eigenvalue weighted by Gasteiger charge is 2.44. The number of aryl methyl sites for hydroxylation is 1. The summed E-state index contributed by atoms with van der Waals surface area (Å²) in [4.78, 5) is 106. The number of rotatable bonds is 17. The third-order valence-corrected chi connectivity index (χ3v) is 19.8. The molecule has 3 atom stereocenters. The van der Waals surface area contributed by atoms with E-state index in [9.17, 15) is 32.4 Å². The van der Waals surface area contributed by atoms with Crippen LogP contribution in [0.15, 0.2) is 48.0 Å². The molecule has 4 aliphatic heterocycles. The average molecular weight is 1280 g/mol. The Morgan fingerprint density at radius 1 is 0.758 bits per heavy atom. The van der Waals surface area contributed by atoms with Crippen LogP contribution in [0.25, 0.3) is 10.9 Å². The molecule has 5 aromatic rings. The van der Waals surface area contributed by atoms with Crippen molar-refractivity contribution in [3.8, 4) is 5.75 Å². The van der Waals surface area contributed by atoms with E-state index in [0.29, 0.717) is 149 Å². The number of aromatic nitrogens is 7. The molecule has 0 bridgehead atoms. The largest absolute Gasteiger partial charge is 0.492 e. The summed E-state index contributed by atoms with van der Waals surface area (Å²) in [6.45, 7) is 36.6. The standard InChI is InChI=1S/C65H93N15O10S/c1-17-19-51(81)45-28-50-55(66-31-45)65(15,16)39-79(50)54(82)38-77-35-42(3)78(60(84)89-62(6,7)8)37-47(77)36-75-25-26-76(34-41(75)2)59-67-32-46(33-68-59)58(83)74-23-21-73(22-24-74)20-18-27-88-52-30-49-48(29-53(52)91(86,87)64(12,13)14)56(70-40-69-49)71-57-43(4)44(5)72-80(57)61(85)90-63(9,10)11/h28-33,40-42,47H,17-27,34-39H2,1-16H3,(H,69,70,71)/t41-,42?,47?/m1/s1. The molecule has 9 rings (SSSR count). The molecule has 26 heteroatoms. The summed E-state index contributed by atoms with van der Waals surface area (Å²) in [5.74, 6) is 1.06. The Hall–Kier alpha value is -7.42.